The van der Waals surface area contributed by atoms with Gasteiger partial charge in [0.1, 0.15) is 6.10 Å². The van der Waals surface area contributed by atoms with Crippen LogP contribution in [0.15, 0.2) is 84.9 Å². The molecular weight excluding hydrogens is 358 g/mol. The van der Waals surface area contributed by atoms with E-state index in [9.17, 15) is 4.79 Å². The number of nitrogens with one attached hydrogen (secondary N) is 1. The molecule has 1 amide bonds. The fourth-order valence-corrected chi connectivity index (χ4v) is 4.22. The maximum absolute atomic E-state index is 12.5. The molecule has 0 radical (unpaired) electrons. The summed E-state index contributed by atoms with van der Waals surface area (Å²) in [6.45, 7) is 0. The van der Waals surface area contributed by atoms with Crippen LogP contribution in [0.2, 0.25) is 0 Å². The summed E-state index contributed by atoms with van der Waals surface area (Å²) in [5, 5.41) is 0. The van der Waals surface area contributed by atoms with Crippen LogP contribution in [0.25, 0.3) is 0 Å². The average molecular weight is 386 g/mol. The number of rotatable bonds is 7. The van der Waals surface area contributed by atoms with Crippen LogP contribution in [0.5, 0.6) is 0 Å². The highest BCUT2D eigenvalue weighted by Gasteiger charge is 2.21. The monoisotopic (exact) mass is 385 g/mol. The summed E-state index contributed by atoms with van der Waals surface area (Å²) in [6.07, 6.45) is 4.50. The van der Waals surface area contributed by atoms with Gasteiger partial charge in [0, 0.05) is 6.42 Å². The molecule has 3 aromatic rings. The molecule has 0 bridgehead atoms. The van der Waals surface area contributed by atoms with E-state index in [2.05, 4.69) is 29.7 Å². The SMILES string of the molecule is O=C(CCC1CCCc2ccccc21)NOC(c1ccccc1)c1ccccc1. The van der Waals surface area contributed by atoms with E-state index in [0.717, 1.165) is 30.4 Å². The van der Waals surface area contributed by atoms with Crippen LogP contribution < -0.4 is 5.48 Å². The third kappa shape index (κ3) is 4.93. The van der Waals surface area contributed by atoms with E-state index < -0.39 is 0 Å². The molecule has 0 aromatic heterocycles. The highest BCUT2D eigenvalue weighted by atomic mass is 16.7. The van der Waals surface area contributed by atoms with Gasteiger partial charge in [-0.05, 0) is 53.9 Å². The second-order valence-corrected chi connectivity index (χ2v) is 7.67. The van der Waals surface area contributed by atoms with Crippen molar-refractivity contribution < 1.29 is 9.63 Å². The van der Waals surface area contributed by atoms with Crippen molar-refractivity contribution in [2.75, 3.05) is 0 Å². The molecule has 0 spiro atoms. The summed E-state index contributed by atoms with van der Waals surface area (Å²) >= 11 is 0. The van der Waals surface area contributed by atoms with E-state index in [1.54, 1.807) is 0 Å². The van der Waals surface area contributed by atoms with Crippen LogP contribution in [0, 0.1) is 0 Å². The standard InChI is InChI=1S/C26H27NO2/c28-25(19-18-21-16-9-15-20-10-7-8-17-24(20)21)27-29-26(22-11-3-1-4-12-22)23-13-5-2-6-14-23/h1-8,10-14,17,21,26H,9,15-16,18-19H2,(H,27,28). The number of hydrogen-bond donors (Lipinski definition) is 1. The number of hydrogen-bond acceptors (Lipinski definition) is 2. The Kier molecular flexibility index (Phi) is 6.38. The highest BCUT2D eigenvalue weighted by molar-refractivity contribution is 5.74. The molecule has 3 aromatic carbocycles. The van der Waals surface area contributed by atoms with Gasteiger partial charge in [0.2, 0.25) is 5.91 Å². The van der Waals surface area contributed by atoms with Crippen LogP contribution in [-0.2, 0) is 16.1 Å². The Morgan fingerprint density at radius 3 is 2.21 bits per heavy atom. The van der Waals surface area contributed by atoms with Gasteiger partial charge in [-0.15, -0.1) is 0 Å². The maximum Gasteiger partial charge on any atom is 0.243 e. The first kappa shape index (κ1) is 19.4. The largest absolute Gasteiger partial charge is 0.273 e. The third-order valence-electron chi connectivity index (χ3n) is 5.71. The first-order chi connectivity index (χ1) is 14.3. The minimum atomic E-state index is -0.322. The van der Waals surface area contributed by atoms with E-state index in [1.165, 1.54) is 17.5 Å². The number of amides is 1. The molecule has 0 aliphatic heterocycles. The van der Waals surface area contributed by atoms with E-state index in [0.29, 0.717) is 12.3 Å². The van der Waals surface area contributed by atoms with Crippen molar-refractivity contribution in [3.05, 3.63) is 107 Å². The number of hydroxylamine groups is 1. The van der Waals surface area contributed by atoms with Crippen LogP contribution in [0.4, 0.5) is 0 Å². The highest BCUT2D eigenvalue weighted by Crippen LogP contribution is 2.34. The van der Waals surface area contributed by atoms with Crippen LogP contribution in [0.1, 0.15) is 60.0 Å². The topological polar surface area (TPSA) is 38.3 Å². The van der Waals surface area contributed by atoms with Gasteiger partial charge < -0.3 is 0 Å². The molecule has 1 unspecified atom stereocenters. The van der Waals surface area contributed by atoms with Gasteiger partial charge in [-0.1, -0.05) is 84.9 Å². The molecule has 1 atom stereocenters. The first-order valence-corrected chi connectivity index (χ1v) is 10.4. The molecule has 3 heteroatoms. The molecule has 3 nitrogen and oxygen atoms in total. The predicted molar refractivity (Wildman–Crippen MR) is 115 cm³/mol. The van der Waals surface area contributed by atoms with Crippen molar-refractivity contribution in [2.24, 2.45) is 0 Å². The Bertz CT molecular complexity index is 884. The summed E-state index contributed by atoms with van der Waals surface area (Å²) < 4.78 is 0. The minimum absolute atomic E-state index is 0.0649. The second-order valence-electron chi connectivity index (χ2n) is 7.67. The van der Waals surface area contributed by atoms with Gasteiger partial charge in [-0.3, -0.25) is 9.63 Å². The molecule has 0 heterocycles. The fraction of sp³-hybridized carbons (Fsp3) is 0.269. The molecule has 1 aliphatic rings. The molecule has 0 saturated carbocycles. The van der Waals surface area contributed by atoms with Gasteiger partial charge in [0.15, 0.2) is 0 Å². The van der Waals surface area contributed by atoms with Crippen molar-refractivity contribution in [3.63, 3.8) is 0 Å². The Morgan fingerprint density at radius 1 is 0.897 bits per heavy atom. The molecule has 0 saturated heterocycles. The quantitative estimate of drug-likeness (QED) is 0.528. The van der Waals surface area contributed by atoms with E-state index in [4.69, 9.17) is 4.84 Å². The van der Waals surface area contributed by atoms with E-state index in [-0.39, 0.29) is 12.0 Å². The Hall–Kier alpha value is -2.91. The third-order valence-corrected chi connectivity index (χ3v) is 5.71. The van der Waals surface area contributed by atoms with Crippen molar-refractivity contribution in [3.8, 4) is 0 Å². The Labute approximate surface area is 172 Å². The molecule has 29 heavy (non-hydrogen) atoms. The smallest absolute Gasteiger partial charge is 0.243 e. The lowest BCUT2D eigenvalue weighted by molar-refractivity contribution is -0.137. The average Bonchev–Trinajstić information content (AvgIpc) is 2.79. The van der Waals surface area contributed by atoms with Crippen molar-refractivity contribution >= 4 is 5.91 Å². The number of benzene rings is 3. The molecule has 0 fully saturated rings. The van der Waals surface area contributed by atoms with E-state index >= 15 is 0 Å². The molecule has 1 aliphatic carbocycles. The number of carbonyl (C=O) groups is 1. The number of carbonyl (C=O) groups excluding carboxylic acids is 1. The summed E-state index contributed by atoms with van der Waals surface area (Å²) in [6, 6.07) is 28.6. The van der Waals surface area contributed by atoms with Gasteiger partial charge in [-0.25, -0.2) is 5.48 Å². The van der Waals surface area contributed by atoms with Crippen molar-refractivity contribution in [1.82, 2.24) is 5.48 Å². The summed E-state index contributed by atoms with van der Waals surface area (Å²) in [4.78, 5) is 18.4. The normalized spacial score (nSPS) is 15.7. The zero-order valence-electron chi connectivity index (χ0n) is 16.6. The van der Waals surface area contributed by atoms with Crippen molar-refractivity contribution in [1.29, 1.82) is 0 Å². The zero-order chi connectivity index (χ0) is 19.9. The molecule has 1 N–H and O–H groups in total. The van der Waals surface area contributed by atoms with Gasteiger partial charge in [0.05, 0.1) is 0 Å². The Balaban J connectivity index is 1.37. The predicted octanol–water partition coefficient (Wildman–Crippen LogP) is 5.72. The fourth-order valence-electron chi connectivity index (χ4n) is 4.22. The van der Waals surface area contributed by atoms with Gasteiger partial charge in [0.25, 0.3) is 0 Å². The Morgan fingerprint density at radius 2 is 1.52 bits per heavy atom. The van der Waals surface area contributed by atoms with Crippen LogP contribution in [0.3, 0.4) is 0 Å². The zero-order valence-corrected chi connectivity index (χ0v) is 16.6. The molecular formula is C26H27NO2. The second kappa shape index (κ2) is 9.53. The van der Waals surface area contributed by atoms with Crippen molar-refractivity contribution in [2.45, 2.75) is 44.1 Å². The van der Waals surface area contributed by atoms with E-state index in [1.807, 2.05) is 60.7 Å². The summed E-state index contributed by atoms with van der Waals surface area (Å²) in [5.41, 5.74) is 7.59. The minimum Gasteiger partial charge on any atom is -0.273 e. The number of aryl methyl sites for hydroxylation is 1. The molecule has 148 valence electrons. The van der Waals surface area contributed by atoms with Gasteiger partial charge >= 0.3 is 0 Å². The molecule has 4 rings (SSSR count). The lowest BCUT2D eigenvalue weighted by Gasteiger charge is -2.25. The first-order valence-electron chi connectivity index (χ1n) is 10.4. The van der Waals surface area contributed by atoms with Crippen LogP contribution in [-0.4, -0.2) is 5.91 Å². The lowest BCUT2D eigenvalue weighted by atomic mass is 9.80. The van der Waals surface area contributed by atoms with Gasteiger partial charge in [-0.2, -0.15) is 0 Å². The lowest BCUT2D eigenvalue weighted by Crippen LogP contribution is -2.27. The summed E-state index contributed by atoms with van der Waals surface area (Å²) in [5.74, 6) is 0.398. The van der Waals surface area contributed by atoms with Crippen LogP contribution >= 0.6 is 0 Å². The summed E-state index contributed by atoms with van der Waals surface area (Å²) in [7, 11) is 0. The number of fused-ring (bicyclic) bond motifs is 1. The maximum atomic E-state index is 12.5.